The minimum atomic E-state index is -0.401. The summed E-state index contributed by atoms with van der Waals surface area (Å²) in [4.78, 5) is 44.1. The van der Waals surface area contributed by atoms with Crippen LogP contribution in [0.3, 0.4) is 0 Å². The number of halogens is 2. The van der Waals surface area contributed by atoms with Crippen LogP contribution in [0.1, 0.15) is 27.7 Å². The Bertz CT molecular complexity index is 5920. The van der Waals surface area contributed by atoms with Crippen molar-refractivity contribution in [3.8, 4) is 125 Å². The quantitative estimate of drug-likeness (QED) is 0.0854. The molecule has 532 valence electrons. The first-order valence-corrected chi connectivity index (χ1v) is 38.4. The molecule has 0 N–H and O–H groups in total. The van der Waals surface area contributed by atoms with E-state index in [0.29, 0.717) is 52.4 Å². The molecule has 0 unspecified atom stereocenters. The maximum Gasteiger partial charge on any atom is 0.494 e. The van der Waals surface area contributed by atoms with E-state index in [0.717, 1.165) is 86.7 Å². The van der Waals surface area contributed by atoms with Gasteiger partial charge in [-0.15, -0.1) is 0 Å². The van der Waals surface area contributed by atoms with Crippen molar-refractivity contribution in [2.75, 3.05) is 0 Å². The Labute approximate surface area is 661 Å². The summed E-state index contributed by atoms with van der Waals surface area (Å²) in [6.07, 6.45) is 0. The lowest BCUT2D eigenvalue weighted by atomic mass is 9.79. The second-order valence-electron chi connectivity index (χ2n) is 28.0. The van der Waals surface area contributed by atoms with Gasteiger partial charge in [-0.2, -0.15) is 0 Å². The lowest BCUT2D eigenvalue weighted by Gasteiger charge is -2.32. The minimum Gasteiger partial charge on any atom is -0.399 e. The molecule has 0 radical (unpaired) electrons. The molecular formula is C97H70BBr2N9O2. The van der Waals surface area contributed by atoms with Gasteiger partial charge in [0.25, 0.3) is 0 Å². The molecular weight excluding hydrogens is 1490 g/mol. The lowest BCUT2D eigenvalue weighted by molar-refractivity contribution is 0.00578. The maximum atomic E-state index is 6.19. The summed E-state index contributed by atoms with van der Waals surface area (Å²) in [5.41, 5.74) is 13.1. The second kappa shape index (κ2) is 31.1. The highest BCUT2D eigenvalue weighted by Crippen LogP contribution is 2.46. The van der Waals surface area contributed by atoms with Gasteiger partial charge >= 0.3 is 7.12 Å². The van der Waals surface area contributed by atoms with E-state index in [1.54, 1.807) is 0 Å². The van der Waals surface area contributed by atoms with Crippen molar-refractivity contribution in [3.05, 3.63) is 361 Å². The molecule has 0 saturated carbocycles. The van der Waals surface area contributed by atoms with Crippen LogP contribution in [-0.2, 0) is 9.31 Å². The summed E-state index contributed by atoms with van der Waals surface area (Å²) in [6.45, 7) is 8.23. The van der Waals surface area contributed by atoms with Gasteiger partial charge in [-0.05, 0) is 130 Å². The first-order valence-electron chi connectivity index (χ1n) is 36.8. The smallest absolute Gasteiger partial charge is 0.399 e. The van der Waals surface area contributed by atoms with Gasteiger partial charge in [0.2, 0.25) is 0 Å². The van der Waals surface area contributed by atoms with Crippen LogP contribution in [0.2, 0.25) is 0 Å². The number of fused-ring (bicyclic) bond motifs is 6. The highest BCUT2D eigenvalue weighted by atomic mass is 79.9. The Morgan fingerprint density at radius 1 is 0.198 bits per heavy atom. The zero-order valence-electron chi connectivity index (χ0n) is 61.2. The molecule has 0 atom stereocenters. The molecule has 1 aliphatic heterocycles. The molecule has 19 rings (SSSR count). The normalized spacial score (nSPS) is 12.8. The molecule has 11 nitrogen and oxygen atoms in total. The molecule has 0 bridgehead atoms. The number of nitrogens with zero attached hydrogens (tertiary/aromatic N) is 9. The first kappa shape index (κ1) is 71.2. The van der Waals surface area contributed by atoms with Crippen LogP contribution in [0.5, 0.6) is 0 Å². The molecule has 0 aliphatic carbocycles. The number of benzene rings is 15. The molecule has 1 fully saturated rings. The largest absolute Gasteiger partial charge is 0.494 e. The van der Waals surface area contributed by atoms with E-state index < -0.39 is 7.12 Å². The molecule has 3 aromatic heterocycles. The van der Waals surface area contributed by atoms with E-state index in [1.807, 2.05) is 206 Å². The highest BCUT2D eigenvalue weighted by molar-refractivity contribution is 9.13. The number of aromatic nitrogens is 9. The Kier molecular flexibility index (Phi) is 20.0. The Balaban J connectivity index is 0.000000151. The number of rotatable bonds is 12. The zero-order chi connectivity index (χ0) is 75.4. The van der Waals surface area contributed by atoms with Gasteiger partial charge in [-0.25, -0.2) is 44.9 Å². The van der Waals surface area contributed by atoms with Crippen molar-refractivity contribution < 1.29 is 9.31 Å². The van der Waals surface area contributed by atoms with Gasteiger partial charge in [0.05, 0.1) is 11.2 Å². The maximum absolute atomic E-state index is 6.19. The van der Waals surface area contributed by atoms with Gasteiger partial charge < -0.3 is 9.31 Å². The van der Waals surface area contributed by atoms with E-state index in [1.165, 1.54) is 43.1 Å². The van der Waals surface area contributed by atoms with E-state index in [2.05, 4.69) is 205 Å². The lowest BCUT2D eigenvalue weighted by Crippen LogP contribution is -2.41. The fourth-order valence-corrected chi connectivity index (χ4v) is 15.1. The molecule has 4 heterocycles. The van der Waals surface area contributed by atoms with Gasteiger partial charge in [0, 0.05) is 59.0 Å². The van der Waals surface area contributed by atoms with Gasteiger partial charge in [0.1, 0.15) is 0 Å². The molecule has 18 aromatic rings. The SMILES string of the molecule is Brc1c(Br)c2ccccc2c2ccccc12.CC1(C)OB(c2ccc(-c3nc(-c4ccccc4)nc(-c4ccccc4)n3)cc2)OC1(C)C.c1ccc(-c2nc(-c3ccccc3)nc(-c3ccc(-c4c(-c5ccc(-c6nc(-c7ccccc7)nc(-c7ccccc7)n6)cc5)c5ccccc5c5ccccc45)cc3)n2)cc1. The summed E-state index contributed by atoms with van der Waals surface area (Å²) < 4.78 is 14.6. The summed E-state index contributed by atoms with van der Waals surface area (Å²) in [5, 5.41) is 9.81. The second-order valence-corrected chi connectivity index (χ2v) is 29.6. The van der Waals surface area contributed by atoms with Crippen LogP contribution in [0.4, 0.5) is 0 Å². The number of hydrogen-bond acceptors (Lipinski definition) is 11. The van der Waals surface area contributed by atoms with Gasteiger partial charge in [0.15, 0.2) is 52.4 Å². The van der Waals surface area contributed by atoms with E-state index in [4.69, 9.17) is 54.2 Å². The molecule has 14 heteroatoms. The standard InChI is InChI=1S/C56H36N6.C27H26BN3O2.C14H8Br2/c1-5-17-39(18-6-1)51-57-52(40-19-7-2-8-20-40)60-55(59-51)43-33-29-37(30-34-43)49-47-27-15-13-25-45(47)46-26-14-16-28-48(46)50(49)38-31-35-44(36-32-38)56-61-53(41-21-9-3-10-22-41)58-54(62-56)42-23-11-4-12-24-42;1-26(2)27(3,4)33-28(32-26)22-17-15-21(16-18-22)25-30-23(19-11-7-5-8-12-19)29-24(31-25)20-13-9-6-10-14-20;15-13-11-7-3-1-5-9(11)10-6-2-4-8-12(10)14(13)16/h1-36H;5-18H,1-4H3;1-8H. The zero-order valence-corrected chi connectivity index (χ0v) is 64.3. The van der Waals surface area contributed by atoms with Gasteiger partial charge in [-0.3, -0.25) is 0 Å². The van der Waals surface area contributed by atoms with Crippen LogP contribution >= 0.6 is 31.9 Å². The van der Waals surface area contributed by atoms with Crippen molar-refractivity contribution in [1.82, 2.24) is 44.9 Å². The van der Waals surface area contributed by atoms with Crippen molar-refractivity contribution in [2.45, 2.75) is 38.9 Å². The summed E-state index contributed by atoms with van der Waals surface area (Å²) in [7, 11) is -0.401. The molecule has 0 spiro atoms. The predicted molar refractivity (Wildman–Crippen MR) is 460 cm³/mol. The number of hydrogen-bond donors (Lipinski definition) is 0. The first-order chi connectivity index (χ1) is 54.3. The van der Waals surface area contributed by atoms with Crippen molar-refractivity contribution in [3.63, 3.8) is 0 Å². The van der Waals surface area contributed by atoms with E-state index >= 15 is 0 Å². The Morgan fingerprint density at radius 2 is 0.369 bits per heavy atom. The molecule has 15 aromatic carbocycles. The fourth-order valence-electron chi connectivity index (χ4n) is 13.9. The van der Waals surface area contributed by atoms with Crippen molar-refractivity contribution in [2.24, 2.45) is 0 Å². The summed E-state index contributed by atoms with van der Waals surface area (Å²) in [6, 6.07) is 120. The average Bonchev–Trinajstić information content (AvgIpc) is 1.08. The van der Waals surface area contributed by atoms with E-state index in [9.17, 15) is 0 Å². The molecule has 111 heavy (non-hydrogen) atoms. The molecule has 1 saturated heterocycles. The average molecular weight is 1560 g/mol. The predicted octanol–water partition coefficient (Wildman–Crippen LogP) is 24.4. The third-order valence-electron chi connectivity index (χ3n) is 20.4. The Hall–Kier alpha value is -12.7. The third kappa shape index (κ3) is 14.8. The summed E-state index contributed by atoms with van der Waals surface area (Å²) >= 11 is 7.31. The molecule has 0 amide bonds. The Morgan fingerprint density at radius 3 is 0.604 bits per heavy atom. The topological polar surface area (TPSA) is 134 Å². The van der Waals surface area contributed by atoms with Crippen LogP contribution in [-0.4, -0.2) is 63.2 Å². The molecule has 1 aliphatic rings. The van der Waals surface area contributed by atoms with Crippen LogP contribution in [0.15, 0.2) is 361 Å². The fraction of sp³-hybridized carbons (Fsp3) is 0.0619. The highest BCUT2D eigenvalue weighted by Gasteiger charge is 2.51. The summed E-state index contributed by atoms with van der Waals surface area (Å²) in [5.74, 6) is 5.69. The van der Waals surface area contributed by atoms with Crippen LogP contribution < -0.4 is 5.46 Å². The van der Waals surface area contributed by atoms with Crippen LogP contribution in [0, 0.1) is 0 Å². The van der Waals surface area contributed by atoms with E-state index in [-0.39, 0.29) is 11.2 Å². The minimum absolute atomic E-state index is 0.375. The van der Waals surface area contributed by atoms with Crippen molar-refractivity contribution in [1.29, 1.82) is 0 Å². The third-order valence-corrected chi connectivity index (χ3v) is 22.6. The monoisotopic (exact) mass is 1560 g/mol. The van der Waals surface area contributed by atoms with Crippen molar-refractivity contribution >= 4 is 87.5 Å². The van der Waals surface area contributed by atoms with Gasteiger partial charge in [-0.1, -0.05) is 352 Å². The van der Waals surface area contributed by atoms with Crippen LogP contribution in [0.25, 0.3) is 168 Å².